The second kappa shape index (κ2) is 5.76. The minimum atomic E-state index is 0.713. The highest BCUT2D eigenvalue weighted by molar-refractivity contribution is 5.10. The molecule has 0 spiro atoms. The molecule has 0 saturated heterocycles. The molecule has 0 aromatic carbocycles. The second-order valence-corrected chi connectivity index (χ2v) is 4.07. The average molecular weight is 192 g/mol. The lowest BCUT2D eigenvalue weighted by molar-refractivity contribution is 0.374. The monoisotopic (exact) mass is 192 g/mol. The van der Waals surface area contributed by atoms with Gasteiger partial charge < -0.3 is 5.32 Å². The van der Waals surface area contributed by atoms with Gasteiger partial charge in [-0.05, 0) is 49.5 Å². The first-order valence-corrected chi connectivity index (χ1v) is 5.27. The largest absolute Gasteiger partial charge is 0.319 e. The summed E-state index contributed by atoms with van der Waals surface area (Å²) in [6, 6.07) is 4.20. The molecule has 2 atom stereocenters. The Morgan fingerprint density at radius 1 is 1.21 bits per heavy atom. The number of aromatic nitrogens is 1. The van der Waals surface area contributed by atoms with E-state index >= 15 is 0 Å². The fraction of sp³-hybridized carbons (Fsp3) is 0.583. The Hall–Kier alpha value is -0.890. The van der Waals surface area contributed by atoms with Crippen LogP contribution in [0.5, 0.6) is 0 Å². The molecule has 1 aromatic heterocycles. The fourth-order valence-electron chi connectivity index (χ4n) is 1.61. The molecule has 0 radical (unpaired) electrons. The molecular formula is C12H20N2. The summed E-state index contributed by atoms with van der Waals surface area (Å²) in [6.07, 6.45) is 4.88. The van der Waals surface area contributed by atoms with E-state index in [1.807, 2.05) is 19.4 Å². The molecule has 0 bridgehead atoms. The van der Waals surface area contributed by atoms with Crippen molar-refractivity contribution in [3.63, 3.8) is 0 Å². The van der Waals surface area contributed by atoms with Gasteiger partial charge in [0.1, 0.15) is 0 Å². The van der Waals surface area contributed by atoms with Crippen molar-refractivity contribution in [2.24, 2.45) is 11.8 Å². The molecule has 78 valence electrons. The molecule has 1 rings (SSSR count). The molecule has 2 heteroatoms. The SMILES string of the molecule is CNCC(C)C(C)Cc1ccncc1. The standard InChI is InChI=1S/C12H20N2/c1-10(11(2)9-13-3)8-12-4-6-14-7-5-12/h4-7,10-11,13H,8-9H2,1-3H3. The first kappa shape index (κ1) is 11.2. The molecule has 0 aliphatic rings. The predicted molar refractivity (Wildman–Crippen MR) is 60.2 cm³/mol. The number of hydrogen-bond acceptors (Lipinski definition) is 2. The van der Waals surface area contributed by atoms with Gasteiger partial charge in [-0.15, -0.1) is 0 Å². The summed E-state index contributed by atoms with van der Waals surface area (Å²) in [7, 11) is 2.01. The lowest BCUT2D eigenvalue weighted by Crippen LogP contribution is -2.23. The zero-order valence-electron chi connectivity index (χ0n) is 9.33. The number of rotatable bonds is 5. The third kappa shape index (κ3) is 3.46. The summed E-state index contributed by atoms with van der Waals surface area (Å²) in [5.41, 5.74) is 1.38. The van der Waals surface area contributed by atoms with E-state index in [-0.39, 0.29) is 0 Å². The van der Waals surface area contributed by atoms with Crippen LogP contribution in [0, 0.1) is 11.8 Å². The van der Waals surface area contributed by atoms with Crippen LogP contribution in [0.25, 0.3) is 0 Å². The second-order valence-electron chi connectivity index (χ2n) is 4.07. The highest BCUT2D eigenvalue weighted by atomic mass is 14.8. The van der Waals surface area contributed by atoms with Crippen LogP contribution in [-0.2, 0) is 6.42 Å². The molecule has 1 N–H and O–H groups in total. The van der Waals surface area contributed by atoms with Crippen molar-refractivity contribution >= 4 is 0 Å². The highest BCUT2D eigenvalue weighted by Crippen LogP contribution is 2.15. The first-order chi connectivity index (χ1) is 6.74. The Labute approximate surface area is 86.8 Å². The average Bonchev–Trinajstić information content (AvgIpc) is 2.19. The van der Waals surface area contributed by atoms with E-state index in [2.05, 4.69) is 36.3 Å². The van der Waals surface area contributed by atoms with Crippen LogP contribution in [0.3, 0.4) is 0 Å². The molecule has 2 unspecified atom stereocenters. The number of nitrogens with zero attached hydrogens (tertiary/aromatic N) is 1. The van der Waals surface area contributed by atoms with Crippen LogP contribution >= 0.6 is 0 Å². The molecule has 0 saturated carbocycles. The van der Waals surface area contributed by atoms with E-state index in [4.69, 9.17) is 0 Å². The van der Waals surface area contributed by atoms with Crippen LogP contribution < -0.4 is 5.32 Å². The predicted octanol–water partition coefficient (Wildman–Crippen LogP) is 2.12. The van der Waals surface area contributed by atoms with E-state index < -0.39 is 0 Å². The van der Waals surface area contributed by atoms with Crippen molar-refractivity contribution in [2.45, 2.75) is 20.3 Å². The lowest BCUT2D eigenvalue weighted by atomic mass is 9.90. The minimum Gasteiger partial charge on any atom is -0.319 e. The quantitative estimate of drug-likeness (QED) is 0.773. The number of nitrogens with one attached hydrogen (secondary N) is 1. The molecule has 0 fully saturated rings. The van der Waals surface area contributed by atoms with Gasteiger partial charge in [0.25, 0.3) is 0 Å². The van der Waals surface area contributed by atoms with E-state index in [0.29, 0.717) is 11.8 Å². The fourth-order valence-corrected chi connectivity index (χ4v) is 1.61. The third-order valence-electron chi connectivity index (χ3n) is 2.80. The van der Waals surface area contributed by atoms with Crippen molar-refractivity contribution in [1.29, 1.82) is 0 Å². The summed E-state index contributed by atoms with van der Waals surface area (Å²) in [4.78, 5) is 4.02. The number of hydrogen-bond donors (Lipinski definition) is 1. The highest BCUT2D eigenvalue weighted by Gasteiger charge is 2.11. The van der Waals surface area contributed by atoms with Crippen molar-refractivity contribution in [3.8, 4) is 0 Å². The smallest absolute Gasteiger partial charge is 0.0270 e. The lowest BCUT2D eigenvalue weighted by Gasteiger charge is -2.19. The van der Waals surface area contributed by atoms with E-state index in [9.17, 15) is 0 Å². The van der Waals surface area contributed by atoms with Crippen molar-refractivity contribution in [2.75, 3.05) is 13.6 Å². The Morgan fingerprint density at radius 3 is 2.43 bits per heavy atom. The molecule has 1 aromatic rings. The Kier molecular flexibility index (Phi) is 4.60. The molecule has 2 nitrogen and oxygen atoms in total. The normalized spacial score (nSPS) is 15.1. The van der Waals surface area contributed by atoms with Gasteiger partial charge in [-0.1, -0.05) is 13.8 Å². The maximum atomic E-state index is 4.02. The molecule has 1 heterocycles. The van der Waals surface area contributed by atoms with Gasteiger partial charge in [-0.25, -0.2) is 0 Å². The van der Waals surface area contributed by atoms with Crippen LogP contribution in [0.1, 0.15) is 19.4 Å². The molecule has 0 aliphatic heterocycles. The van der Waals surface area contributed by atoms with Crippen LogP contribution in [0.4, 0.5) is 0 Å². The van der Waals surface area contributed by atoms with Gasteiger partial charge in [0.05, 0.1) is 0 Å². The van der Waals surface area contributed by atoms with Crippen LogP contribution in [-0.4, -0.2) is 18.6 Å². The maximum Gasteiger partial charge on any atom is 0.0270 e. The van der Waals surface area contributed by atoms with Gasteiger partial charge >= 0.3 is 0 Å². The summed E-state index contributed by atoms with van der Waals surface area (Å²) in [5, 5.41) is 3.22. The Bertz CT molecular complexity index is 246. The topological polar surface area (TPSA) is 24.9 Å². The summed E-state index contributed by atoms with van der Waals surface area (Å²) >= 11 is 0. The zero-order chi connectivity index (χ0) is 10.4. The van der Waals surface area contributed by atoms with E-state index in [1.165, 1.54) is 5.56 Å². The van der Waals surface area contributed by atoms with Crippen molar-refractivity contribution in [1.82, 2.24) is 10.3 Å². The number of pyridine rings is 1. The Morgan fingerprint density at radius 2 is 1.86 bits per heavy atom. The van der Waals surface area contributed by atoms with Crippen LogP contribution in [0.2, 0.25) is 0 Å². The minimum absolute atomic E-state index is 0.713. The summed E-state index contributed by atoms with van der Waals surface area (Å²) < 4.78 is 0. The molecular weight excluding hydrogens is 172 g/mol. The molecule has 0 amide bonds. The van der Waals surface area contributed by atoms with Crippen molar-refractivity contribution < 1.29 is 0 Å². The molecule has 0 aliphatic carbocycles. The first-order valence-electron chi connectivity index (χ1n) is 5.27. The van der Waals surface area contributed by atoms with Gasteiger partial charge in [0, 0.05) is 12.4 Å². The molecule has 14 heavy (non-hydrogen) atoms. The summed E-state index contributed by atoms with van der Waals surface area (Å²) in [6.45, 7) is 5.69. The zero-order valence-corrected chi connectivity index (χ0v) is 9.33. The van der Waals surface area contributed by atoms with Gasteiger partial charge in [-0.3, -0.25) is 4.98 Å². The van der Waals surface area contributed by atoms with Gasteiger partial charge in [-0.2, -0.15) is 0 Å². The maximum absolute atomic E-state index is 4.02. The third-order valence-corrected chi connectivity index (χ3v) is 2.80. The van der Waals surface area contributed by atoms with E-state index in [1.54, 1.807) is 0 Å². The van der Waals surface area contributed by atoms with Crippen LogP contribution in [0.15, 0.2) is 24.5 Å². The van der Waals surface area contributed by atoms with E-state index in [0.717, 1.165) is 13.0 Å². The van der Waals surface area contributed by atoms with Crippen molar-refractivity contribution in [3.05, 3.63) is 30.1 Å². The van der Waals surface area contributed by atoms with Gasteiger partial charge in [0.2, 0.25) is 0 Å². The Balaban J connectivity index is 2.44. The summed E-state index contributed by atoms with van der Waals surface area (Å²) in [5.74, 6) is 1.43. The van der Waals surface area contributed by atoms with Gasteiger partial charge in [0.15, 0.2) is 0 Å².